The fourth-order valence-corrected chi connectivity index (χ4v) is 1.70. The van der Waals surface area contributed by atoms with Gasteiger partial charge in [0.05, 0.1) is 12.8 Å². The van der Waals surface area contributed by atoms with E-state index in [1.165, 1.54) is 0 Å². The van der Waals surface area contributed by atoms with E-state index in [1.807, 2.05) is 24.3 Å². The van der Waals surface area contributed by atoms with Gasteiger partial charge in [-0.2, -0.15) is 4.98 Å². The van der Waals surface area contributed by atoms with Crippen molar-refractivity contribution in [1.29, 1.82) is 0 Å². The van der Waals surface area contributed by atoms with E-state index in [0.717, 1.165) is 24.5 Å². The highest BCUT2D eigenvalue weighted by Gasteiger charge is 2.05. The summed E-state index contributed by atoms with van der Waals surface area (Å²) in [5.41, 5.74) is 0.886. The lowest BCUT2D eigenvalue weighted by Crippen LogP contribution is -2.01. The van der Waals surface area contributed by atoms with E-state index in [0.29, 0.717) is 16.8 Å². The standard InChI is InChI=1S/C14H17ClN4O/c1-3-8-20-11-6-4-10(5-7-11)18-13-12(15)9-17-14(16-2)19-13/h4-7,9H,3,8H2,1-2H3,(H2,16,17,18,19). The number of halogens is 1. The van der Waals surface area contributed by atoms with Crippen molar-refractivity contribution >= 4 is 29.1 Å². The number of nitrogens with zero attached hydrogens (tertiary/aromatic N) is 2. The van der Waals surface area contributed by atoms with Gasteiger partial charge in [0.2, 0.25) is 5.95 Å². The van der Waals surface area contributed by atoms with Gasteiger partial charge in [-0.15, -0.1) is 0 Å². The second-order valence-electron chi connectivity index (χ2n) is 4.14. The van der Waals surface area contributed by atoms with Crippen LogP contribution in [0.15, 0.2) is 30.5 Å². The molecule has 0 amide bonds. The summed E-state index contributed by atoms with van der Waals surface area (Å²) in [7, 11) is 1.76. The quantitative estimate of drug-likeness (QED) is 0.850. The van der Waals surface area contributed by atoms with Crippen LogP contribution in [0.3, 0.4) is 0 Å². The zero-order valence-electron chi connectivity index (χ0n) is 11.5. The van der Waals surface area contributed by atoms with Crippen LogP contribution in [-0.2, 0) is 0 Å². The van der Waals surface area contributed by atoms with E-state index < -0.39 is 0 Å². The van der Waals surface area contributed by atoms with E-state index in [9.17, 15) is 0 Å². The Bertz CT molecular complexity index is 560. The SMILES string of the molecule is CCCOc1ccc(Nc2nc(NC)ncc2Cl)cc1. The van der Waals surface area contributed by atoms with E-state index in [-0.39, 0.29) is 0 Å². The Morgan fingerprint density at radius 1 is 1.25 bits per heavy atom. The number of ether oxygens (including phenoxy) is 1. The van der Waals surface area contributed by atoms with E-state index in [4.69, 9.17) is 16.3 Å². The van der Waals surface area contributed by atoms with Crippen molar-refractivity contribution < 1.29 is 4.74 Å². The van der Waals surface area contributed by atoms with E-state index >= 15 is 0 Å². The van der Waals surface area contributed by atoms with Crippen molar-refractivity contribution in [2.75, 3.05) is 24.3 Å². The summed E-state index contributed by atoms with van der Waals surface area (Å²) in [6.07, 6.45) is 2.55. The average molecular weight is 293 g/mol. The summed E-state index contributed by atoms with van der Waals surface area (Å²) < 4.78 is 5.53. The Labute approximate surface area is 123 Å². The third-order valence-electron chi connectivity index (χ3n) is 2.56. The minimum atomic E-state index is 0.468. The molecule has 0 spiro atoms. The predicted octanol–water partition coefficient (Wildman–Crippen LogP) is 3.70. The summed E-state index contributed by atoms with van der Waals surface area (Å²) >= 11 is 6.06. The Morgan fingerprint density at radius 2 is 2.00 bits per heavy atom. The summed E-state index contributed by atoms with van der Waals surface area (Å²) in [6, 6.07) is 7.66. The van der Waals surface area contributed by atoms with Gasteiger partial charge in [-0.3, -0.25) is 0 Å². The fourth-order valence-electron chi connectivity index (χ4n) is 1.57. The Balaban J connectivity index is 2.09. The second-order valence-corrected chi connectivity index (χ2v) is 4.55. The Kier molecular flexibility index (Phi) is 5.01. The first-order valence-electron chi connectivity index (χ1n) is 6.43. The summed E-state index contributed by atoms with van der Waals surface area (Å²) in [6.45, 7) is 2.79. The molecule has 1 aromatic heterocycles. The molecule has 106 valence electrons. The smallest absolute Gasteiger partial charge is 0.224 e. The summed E-state index contributed by atoms with van der Waals surface area (Å²) in [4.78, 5) is 8.29. The fraction of sp³-hybridized carbons (Fsp3) is 0.286. The molecule has 6 heteroatoms. The predicted molar refractivity (Wildman–Crippen MR) is 82.1 cm³/mol. The molecular weight excluding hydrogens is 276 g/mol. The summed E-state index contributed by atoms with van der Waals surface area (Å²) in [5.74, 6) is 1.93. The van der Waals surface area contributed by atoms with Gasteiger partial charge in [-0.25, -0.2) is 4.98 Å². The van der Waals surface area contributed by atoms with Crippen molar-refractivity contribution in [3.05, 3.63) is 35.5 Å². The normalized spacial score (nSPS) is 10.2. The number of nitrogens with one attached hydrogen (secondary N) is 2. The molecule has 2 N–H and O–H groups in total. The zero-order chi connectivity index (χ0) is 14.4. The Hall–Kier alpha value is -2.01. The van der Waals surface area contributed by atoms with Crippen molar-refractivity contribution in [3.8, 4) is 5.75 Å². The van der Waals surface area contributed by atoms with Crippen molar-refractivity contribution in [2.24, 2.45) is 0 Å². The molecule has 20 heavy (non-hydrogen) atoms. The molecule has 0 aliphatic heterocycles. The van der Waals surface area contributed by atoms with Crippen LogP contribution in [0.2, 0.25) is 5.02 Å². The van der Waals surface area contributed by atoms with Gasteiger partial charge >= 0.3 is 0 Å². The van der Waals surface area contributed by atoms with Gasteiger partial charge in [-0.05, 0) is 30.7 Å². The molecule has 0 radical (unpaired) electrons. The van der Waals surface area contributed by atoms with Gasteiger partial charge in [0, 0.05) is 12.7 Å². The monoisotopic (exact) mass is 292 g/mol. The van der Waals surface area contributed by atoms with E-state index in [2.05, 4.69) is 27.5 Å². The zero-order valence-corrected chi connectivity index (χ0v) is 12.2. The van der Waals surface area contributed by atoms with Crippen LogP contribution in [0.4, 0.5) is 17.5 Å². The average Bonchev–Trinajstić information content (AvgIpc) is 2.49. The molecule has 0 saturated heterocycles. The maximum absolute atomic E-state index is 6.06. The lowest BCUT2D eigenvalue weighted by atomic mass is 10.3. The molecule has 2 rings (SSSR count). The largest absolute Gasteiger partial charge is 0.494 e. The maximum atomic E-state index is 6.06. The lowest BCUT2D eigenvalue weighted by molar-refractivity contribution is 0.317. The first-order valence-corrected chi connectivity index (χ1v) is 6.81. The van der Waals surface area contributed by atoms with E-state index in [1.54, 1.807) is 13.2 Å². The molecule has 1 heterocycles. The molecule has 0 bridgehead atoms. The van der Waals surface area contributed by atoms with Crippen molar-refractivity contribution in [1.82, 2.24) is 9.97 Å². The highest BCUT2D eigenvalue weighted by atomic mass is 35.5. The van der Waals surface area contributed by atoms with Gasteiger partial charge in [0.15, 0.2) is 5.82 Å². The summed E-state index contributed by atoms with van der Waals surface area (Å²) in [5, 5.41) is 6.49. The number of benzene rings is 1. The van der Waals surface area contributed by atoms with Gasteiger partial charge in [0.1, 0.15) is 10.8 Å². The van der Waals surface area contributed by atoms with Crippen LogP contribution < -0.4 is 15.4 Å². The van der Waals surface area contributed by atoms with Crippen LogP contribution in [-0.4, -0.2) is 23.6 Å². The molecule has 0 aliphatic carbocycles. The van der Waals surface area contributed by atoms with Gasteiger partial charge < -0.3 is 15.4 Å². The molecule has 0 unspecified atom stereocenters. The number of rotatable bonds is 6. The van der Waals surface area contributed by atoms with Crippen molar-refractivity contribution in [2.45, 2.75) is 13.3 Å². The minimum Gasteiger partial charge on any atom is -0.494 e. The van der Waals surface area contributed by atoms with Crippen LogP contribution in [0.25, 0.3) is 0 Å². The lowest BCUT2D eigenvalue weighted by Gasteiger charge is -2.10. The molecule has 0 atom stereocenters. The van der Waals surface area contributed by atoms with Gasteiger partial charge in [0.25, 0.3) is 0 Å². The molecule has 2 aromatic rings. The van der Waals surface area contributed by atoms with Gasteiger partial charge in [-0.1, -0.05) is 18.5 Å². The molecule has 0 fully saturated rings. The first-order chi connectivity index (χ1) is 9.72. The number of hydrogen-bond donors (Lipinski definition) is 2. The third-order valence-corrected chi connectivity index (χ3v) is 2.83. The molecular formula is C14H17ClN4O. The highest BCUT2D eigenvalue weighted by molar-refractivity contribution is 6.32. The van der Waals surface area contributed by atoms with Crippen LogP contribution in [0.1, 0.15) is 13.3 Å². The van der Waals surface area contributed by atoms with Crippen LogP contribution in [0.5, 0.6) is 5.75 Å². The third kappa shape index (κ3) is 3.74. The number of hydrogen-bond acceptors (Lipinski definition) is 5. The highest BCUT2D eigenvalue weighted by Crippen LogP contribution is 2.24. The molecule has 0 saturated carbocycles. The van der Waals surface area contributed by atoms with Crippen LogP contribution >= 0.6 is 11.6 Å². The second kappa shape index (κ2) is 6.96. The van der Waals surface area contributed by atoms with Crippen LogP contribution in [0, 0.1) is 0 Å². The maximum Gasteiger partial charge on any atom is 0.224 e. The molecule has 5 nitrogen and oxygen atoms in total. The molecule has 0 aliphatic rings. The molecule has 1 aromatic carbocycles. The first kappa shape index (κ1) is 14.4. The number of aromatic nitrogens is 2. The number of anilines is 3. The van der Waals surface area contributed by atoms with Crippen molar-refractivity contribution in [3.63, 3.8) is 0 Å². The minimum absolute atomic E-state index is 0.468. The topological polar surface area (TPSA) is 59.1 Å². The Morgan fingerprint density at radius 3 is 2.65 bits per heavy atom.